The summed E-state index contributed by atoms with van der Waals surface area (Å²) in [5.41, 5.74) is 4.17. The normalized spacial score (nSPS) is 13.7. The average molecular weight is 226 g/mol. The first-order chi connectivity index (χ1) is 7.67. The fourth-order valence-electron chi connectivity index (χ4n) is 1.35. The van der Waals surface area contributed by atoms with Crippen molar-refractivity contribution in [3.8, 4) is 0 Å². The van der Waals surface area contributed by atoms with Crippen molar-refractivity contribution in [1.29, 1.82) is 0 Å². The van der Waals surface area contributed by atoms with Crippen LogP contribution in [0.5, 0.6) is 0 Å². The van der Waals surface area contributed by atoms with E-state index in [1.54, 1.807) is 0 Å². The van der Waals surface area contributed by atoms with E-state index in [1.807, 2.05) is 0 Å². The molecule has 0 saturated carbocycles. The molecule has 16 heavy (non-hydrogen) atoms. The van der Waals surface area contributed by atoms with Crippen LogP contribution < -0.4 is 5.73 Å². The van der Waals surface area contributed by atoms with Crippen LogP contribution in [0, 0.1) is 0 Å². The molecule has 1 aliphatic rings. The van der Waals surface area contributed by atoms with Gasteiger partial charge < -0.3 is 5.73 Å². The molecule has 3 amide bonds. The van der Waals surface area contributed by atoms with Gasteiger partial charge in [0.2, 0.25) is 6.41 Å². The van der Waals surface area contributed by atoms with E-state index in [9.17, 15) is 9.59 Å². The van der Waals surface area contributed by atoms with Crippen LogP contribution in [0.1, 0.15) is 32.6 Å². The maximum Gasteiger partial charge on any atom is 0.253 e. The molecule has 2 N–H and O–H groups in total. The number of carbonyl (C=O) groups excluding carboxylic acids is 3. The standard InChI is InChI=1S/C10H15NO2.CH3NO/c1-2-3-4-5-8-11-9(12)6-7-10(11)13;2-1-3/h6-7H,2-5,8H2,1H3;1H,(H2,2,3). The van der Waals surface area contributed by atoms with E-state index in [2.05, 4.69) is 12.7 Å². The third kappa shape index (κ3) is 5.29. The number of nitrogens with two attached hydrogens (primary N) is 1. The molecule has 0 aromatic rings. The Hall–Kier alpha value is -1.65. The fraction of sp³-hybridized carbons (Fsp3) is 0.545. The SMILES string of the molecule is CCCCCCN1C(=O)C=CC1=O.NC=O. The monoisotopic (exact) mass is 226 g/mol. The number of carbonyl (C=O) groups is 3. The van der Waals surface area contributed by atoms with Gasteiger partial charge in [-0.15, -0.1) is 0 Å². The first kappa shape index (κ1) is 14.3. The van der Waals surface area contributed by atoms with E-state index in [0.717, 1.165) is 12.8 Å². The number of hydrogen-bond acceptors (Lipinski definition) is 3. The van der Waals surface area contributed by atoms with Gasteiger partial charge in [0.1, 0.15) is 0 Å². The number of amides is 3. The highest BCUT2D eigenvalue weighted by Crippen LogP contribution is 2.07. The maximum absolute atomic E-state index is 11.1. The van der Waals surface area contributed by atoms with E-state index >= 15 is 0 Å². The Balaban J connectivity index is 0.000000673. The zero-order valence-corrected chi connectivity index (χ0v) is 9.52. The molecular formula is C11H18N2O3. The van der Waals surface area contributed by atoms with Gasteiger partial charge in [0.05, 0.1) is 0 Å². The third-order valence-corrected chi connectivity index (χ3v) is 2.14. The van der Waals surface area contributed by atoms with Gasteiger partial charge in [-0.2, -0.15) is 0 Å². The third-order valence-electron chi connectivity index (χ3n) is 2.14. The topological polar surface area (TPSA) is 80.5 Å². The lowest BCUT2D eigenvalue weighted by molar-refractivity contribution is -0.136. The summed E-state index contributed by atoms with van der Waals surface area (Å²) in [4.78, 5) is 32.0. The summed E-state index contributed by atoms with van der Waals surface area (Å²) in [5, 5.41) is 0. The van der Waals surface area contributed by atoms with Gasteiger partial charge in [0, 0.05) is 18.7 Å². The van der Waals surface area contributed by atoms with Crippen molar-refractivity contribution in [3.05, 3.63) is 12.2 Å². The average Bonchev–Trinajstić information content (AvgIpc) is 2.56. The molecule has 0 aliphatic carbocycles. The van der Waals surface area contributed by atoms with Crippen LogP contribution in [-0.2, 0) is 14.4 Å². The molecule has 90 valence electrons. The van der Waals surface area contributed by atoms with E-state index < -0.39 is 0 Å². The molecule has 0 fully saturated rings. The quantitative estimate of drug-likeness (QED) is 0.423. The van der Waals surface area contributed by atoms with Gasteiger partial charge in [-0.05, 0) is 6.42 Å². The van der Waals surface area contributed by atoms with Crippen molar-refractivity contribution in [3.63, 3.8) is 0 Å². The minimum absolute atomic E-state index is 0.165. The van der Waals surface area contributed by atoms with Crippen molar-refractivity contribution in [2.75, 3.05) is 6.54 Å². The lowest BCUT2D eigenvalue weighted by Gasteiger charge is -2.12. The van der Waals surface area contributed by atoms with Crippen LogP contribution in [0.15, 0.2) is 12.2 Å². The zero-order chi connectivity index (χ0) is 12.4. The molecule has 5 nitrogen and oxygen atoms in total. The highest BCUT2D eigenvalue weighted by atomic mass is 16.2. The molecule has 0 bridgehead atoms. The van der Waals surface area contributed by atoms with Gasteiger partial charge in [0.25, 0.3) is 11.8 Å². The highest BCUT2D eigenvalue weighted by molar-refractivity contribution is 6.12. The molecule has 0 spiro atoms. The van der Waals surface area contributed by atoms with Gasteiger partial charge >= 0.3 is 0 Å². The summed E-state index contributed by atoms with van der Waals surface area (Å²) in [5.74, 6) is -0.331. The molecule has 0 aromatic carbocycles. The summed E-state index contributed by atoms with van der Waals surface area (Å²) in [7, 11) is 0. The molecule has 5 heteroatoms. The molecule has 0 unspecified atom stereocenters. The largest absolute Gasteiger partial charge is 0.372 e. The van der Waals surface area contributed by atoms with E-state index in [4.69, 9.17) is 4.79 Å². The van der Waals surface area contributed by atoms with Crippen molar-refractivity contribution < 1.29 is 14.4 Å². The minimum Gasteiger partial charge on any atom is -0.372 e. The molecule has 0 radical (unpaired) electrons. The molecule has 1 aliphatic heterocycles. The predicted octanol–water partition coefficient (Wildman–Crippen LogP) is 0.593. The molecular weight excluding hydrogens is 208 g/mol. The first-order valence-electron chi connectivity index (χ1n) is 5.36. The van der Waals surface area contributed by atoms with Crippen LogP contribution in [0.3, 0.4) is 0 Å². The summed E-state index contributed by atoms with van der Waals surface area (Å²) < 4.78 is 0. The second-order valence-electron chi connectivity index (χ2n) is 3.36. The smallest absolute Gasteiger partial charge is 0.253 e. The number of hydrogen-bond donors (Lipinski definition) is 1. The summed E-state index contributed by atoms with van der Waals surface area (Å²) in [6, 6.07) is 0. The number of unbranched alkanes of at least 4 members (excludes halogenated alkanes) is 3. The predicted molar refractivity (Wildman–Crippen MR) is 60.3 cm³/mol. The van der Waals surface area contributed by atoms with Crippen LogP contribution in [0.25, 0.3) is 0 Å². The number of imide groups is 1. The molecule has 0 saturated heterocycles. The van der Waals surface area contributed by atoms with E-state index in [0.29, 0.717) is 6.54 Å². The van der Waals surface area contributed by atoms with Gasteiger partial charge in [0.15, 0.2) is 0 Å². The molecule has 1 rings (SSSR count). The fourth-order valence-corrected chi connectivity index (χ4v) is 1.35. The lowest BCUT2D eigenvalue weighted by atomic mass is 10.2. The van der Waals surface area contributed by atoms with E-state index in [-0.39, 0.29) is 18.2 Å². The van der Waals surface area contributed by atoms with Crippen LogP contribution in [0.2, 0.25) is 0 Å². The Morgan fingerprint density at radius 1 is 1.19 bits per heavy atom. The minimum atomic E-state index is -0.165. The summed E-state index contributed by atoms with van der Waals surface area (Å²) in [6.07, 6.45) is 7.27. The number of rotatable bonds is 5. The van der Waals surface area contributed by atoms with Crippen molar-refractivity contribution in [1.82, 2.24) is 4.90 Å². The molecule has 0 atom stereocenters. The maximum atomic E-state index is 11.1. The second-order valence-corrected chi connectivity index (χ2v) is 3.36. The zero-order valence-electron chi connectivity index (χ0n) is 9.52. The van der Waals surface area contributed by atoms with Crippen molar-refractivity contribution >= 4 is 18.2 Å². The van der Waals surface area contributed by atoms with Crippen molar-refractivity contribution in [2.24, 2.45) is 5.73 Å². The Bertz CT molecular complexity index is 256. The Labute approximate surface area is 95.3 Å². The van der Waals surface area contributed by atoms with Crippen LogP contribution >= 0.6 is 0 Å². The Morgan fingerprint density at radius 3 is 2.12 bits per heavy atom. The summed E-state index contributed by atoms with van der Waals surface area (Å²) >= 11 is 0. The van der Waals surface area contributed by atoms with Crippen molar-refractivity contribution in [2.45, 2.75) is 32.6 Å². The second kappa shape index (κ2) is 8.64. The number of primary amides is 1. The molecule has 1 heterocycles. The lowest BCUT2D eigenvalue weighted by Crippen LogP contribution is -2.30. The molecule has 0 aromatic heterocycles. The van der Waals surface area contributed by atoms with Gasteiger partial charge in [-0.1, -0.05) is 26.2 Å². The van der Waals surface area contributed by atoms with Crippen LogP contribution in [0.4, 0.5) is 0 Å². The van der Waals surface area contributed by atoms with Gasteiger partial charge in [-0.25, -0.2) is 0 Å². The van der Waals surface area contributed by atoms with Gasteiger partial charge in [-0.3, -0.25) is 19.3 Å². The Morgan fingerprint density at radius 2 is 1.69 bits per heavy atom. The highest BCUT2D eigenvalue weighted by Gasteiger charge is 2.21. The summed E-state index contributed by atoms with van der Waals surface area (Å²) in [6.45, 7) is 2.71. The number of nitrogens with zero attached hydrogens (tertiary/aromatic N) is 1. The first-order valence-corrected chi connectivity index (χ1v) is 5.36. The van der Waals surface area contributed by atoms with Crippen LogP contribution in [-0.4, -0.2) is 29.7 Å². The van der Waals surface area contributed by atoms with E-state index in [1.165, 1.54) is 29.9 Å². The Kier molecular flexibility index (Phi) is 7.75.